The lowest BCUT2D eigenvalue weighted by atomic mass is 9.84. The van der Waals surface area contributed by atoms with E-state index in [1.807, 2.05) is 34.1 Å². The summed E-state index contributed by atoms with van der Waals surface area (Å²) in [5.74, 6) is 0. The Labute approximate surface area is 173 Å². The number of nitrogens with zero attached hydrogens (tertiary/aromatic N) is 2. The van der Waals surface area contributed by atoms with Gasteiger partial charge in [0.15, 0.2) is 0 Å². The summed E-state index contributed by atoms with van der Waals surface area (Å²) in [6, 6.07) is 7.88. The maximum absolute atomic E-state index is 12.6. The molecule has 0 radical (unpaired) electrons. The van der Waals surface area contributed by atoms with Crippen LogP contribution in [0, 0.1) is 3.57 Å². The summed E-state index contributed by atoms with van der Waals surface area (Å²) in [6.45, 7) is 2.05. The molecule has 27 heavy (non-hydrogen) atoms. The maximum atomic E-state index is 12.6. The van der Waals surface area contributed by atoms with Crippen molar-refractivity contribution in [2.75, 3.05) is 25.0 Å². The van der Waals surface area contributed by atoms with E-state index in [9.17, 15) is 9.59 Å². The lowest BCUT2D eigenvalue weighted by molar-refractivity contribution is 0.0259. The van der Waals surface area contributed by atoms with Gasteiger partial charge in [-0.2, -0.15) is 0 Å². The molecule has 0 unspecified atom stereocenters. The number of ether oxygens (including phenoxy) is 1. The first-order valence-corrected chi connectivity index (χ1v) is 10.9. The fourth-order valence-electron chi connectivity index (χ4n) is 4.52. The van der Waals surface area contributed by atoms with Gasteiger partial charge < -0.3 is 19.9 Å². The van der Waals surface area contributed by atoms with Gasteiger partial charge in [0, 0.05) is 22.7 Å². The molecule has 1 aliphatic carbocycles. The lowest BCUT2D eigenvalue weighted by Gasteiger charge is -2.36. The molecule has 1 spiro atoms. The average Bonchev–Trinajstić information content (AvgIpc) is 3.00. The number of urea groups is 1. The number of rotatable bonds is 2. The van der Waals surface area contributed by atoms with E-state index in [1.165, 1.54) is 6.42 Å². The van der Waals surface area contributed by atoms with Crippen LogP contribution in [0.3, 0.4) is 0 Å². The second-order valence-electron chi connectivity index (χ2n) is 7.87. The highest BCUT2D eigenvalue weighted by atomic mass is 127. The van der Waals surface area contributed by atoms with Crippen LogP contribution in [0.2, 0.25) is 0 Å². The first-order chi connectivity index (χ1) is 13.1. The second-order valence-corrected chi connectivity index (χ2v) is 9.03. The summed E-state index contributed by atoms with van der Waals surface area (Å²) in [6.07, 6.45) is 7.00. The van der Waals surface area contributed by atoms with Gasteiger partial charge in [0.1, 0.15) is 5.60 Å². The Morgan fingerprint density at radius 3 is 2.56 bits per heavy atom. The van der Waals surface area contributed by atoms with Crippen LogP contribution in [0.1, 0.15) is 44.9 Å². The number of piperidine rings is 1. The van der Waals surface area contributed by atoms with Gasteiger partial charge in [-0.1, -0.05) is 18.6 Å². The molecule has 4 rings (SSSR count). The number of hydrogen-bond acceptors (Lipinski definition) is 3. The van der Waals surface area contributed by atoms with Crippen molar-refractivity contribution in [3.05, 3.63) is 27.8 Å². The van der Waals surface area contributed by atoms with Crippen molar-refractivity contribution in [1.82, 2.24) is 9.80 Å². The number of benzene rings is 1. The molecule has 2 heterocycles. The summed E-state index contributed by atoms with van der Waals surface area (Å²) in [5, 5.41) is 2.99. The number of hydrogen-bond donors (Lipinski definition) is 1. The molecule has 146 valence electrons. The van der Waals surface area contributed by atoms with Crippen LogP contribution in [0.25, 0.3) is 0 Å². The van der Waals surface area contributed by atoms with Crippen molar-refractivity contribution < 1.29 is 14.3 Å². The number of amides is 3. The van der Waals surface area contributed by atoms with E-state index in [0.717, 1.165) is 54.3 Å². The Morgan fingerprint density at radius 2 is 1.85 bits per heavy atom. The van der Waals surface area contributed by atoms with E-state index in [4.69, 9.17) is 4.74 Å². The van der Waals surface area contributed by atoms with Crippen molar-refractivity contribution in [2.24, 2.45) is 0 Å². The topological polar surface area (TPSA) is 61.9 Å². The summed E-state index contributed by atoms with van der Waals surface area (Å²) < 4.78 is 6.84. The Kier molecular flexibility index (Phi) is 5.48. The van der Waals surface area contributed by atoms with Crippen molar-refractivity contribution in [3.63, 3.8) is 0 Å². The van der Waals surface area contributed by atoms with Crippen LogP contribution in [-0.2, 0) is 4.74 Å². The third-order valence-electron chi connectivity index (χ3n) is 6.07. The monoisotopic (exact) mass is 483 g/mol. The van der Waals surface area contributed by atoms with Crippen molar-refractivity contribution >= 4 is 40.4 Å². The molecule has 3 aliphatic rings. The Balaban J connectivity index is 1.32. The average molecular weight is 483 g/mol. The summed E-state index contributed by atoms with van der Waals surface area (Å²) >= 11 is 2.22. The molecule has 1 aromatic carbocycles. The number of halogens is 1. The van der Waals surface area contributed by atoms with Crippen LogP contribution in [0.4, 0.5) is 15.3 Å². The van der Waals surface area contributed by atoms with Crippen LogP contribution in [0.15, 0.2) is 24.3 Å². The summed E-state index contributed by atoms with van der Waals surface area (Å²) in [4.78, 5) is 28.8. The fraction of sp³-hybridized carbons (Fsp3) is 0.600. The van der Waals surface area contributed by atoms with Crippen LogP contribution in [0.5, 0.6) is 0 Å². The van der Waals surface area contributed by atoms with Gasteiger partial charge in [-0.05, 0) is 73.2 Å². The first kappa shape index (κ1) is 18.8. The molecular formula is C20H26IN3O3. The standard InChI is InChI=1S/C20H26IN3O3/c21-16-6-2-3-7-17(16)22-18(25)23-12-8-15(9-13-23)24-14-20(27-19(24)26)10-4-1-5-11-20/h2-3,6-7,15H,1,4-5,8-14H2,(H,22,25). The second kappa shape index (κ2) is 7.85. The molecule has 2 aliphatic heterocycles. The van der Waals surface area contributed by atoms with Gasteiger partial charge in [0.05, 0.1) is 12.2 Å². The van der Waals surface area contributed by atoms with Gasteiger partial charge in [-0.3, -0.25) is 0 Å². The highest BCUT2D eigenvalue weighted by Gasteiger charge is 2.48. The zero-order valence-corrected chi connectivity index (χ0v) is 17.6. The minimum Gasteiger partial charge on any atom is -0.441 e. The number of likely N-dealkylation sites (tertiary alicyclic amines) is 1. The number of para-hydroxylation sites is 1. The Hall–Kier alpha value is -1.51. The zero-order chi connectivity index (χ0) is 18.9. The SMILES string of the molecule is O=C(Nc1ccccc1I)N1CCC(N2CC3(CCCCC3)OC2=O)CC1. The van der Waals surface area contributed by atoms with E-state index < -0.39 is 0 Å². The van der Waals surface area contributed by atoms with Crippen LogP contribution in [-0.4, -0.2) is 53.2 Å². The smallest absolute Gasteiger partial charge is 0.410 e. The minimum absolute atomic E-state index is 0.0645. The molecule has 3 fully saturated rings. The quantitative estimate of drug-likeness (QED) is 0.633. The van der Waals surface area contributed by atoms with Gasteiger partial charge >= 0.3 is 12.1 Å². The molecule has 0 bridgehead atoms. The number of carbonyl (C=O) groups excluding carboxylic acids is 2. The lowest BCUT2D eigenvalue weighted by Crippen LogP contribution is -2.49. The first-order valence-electron chi connectivity index (χ1n) is 9.86. The van der Waals surface area contributed by atoms with E-state index in [0.29, 0.717) is 13.1 Å². The van der Waals surface area contributed by atoms with Crippen molar-refractivity contribution in [3.8, 4) is 0 Å². The normalized spacial score (nSPS) is 22.8. The Bertz CT molecular complexity index is 712. The molecule has 1 aromatic rings. The van der Waals surface area contributed by atoms with E-state index >= 15 is 0 Å². The largest absolute Gasteiger partial charge is 0.441 e. The van der Waals surface area contributed by atoms with Crippen LogP contribution >= 0.6 is 22.6 Å². The van der Waals surface area contributed by atoms with E-state index in [-0.39, 0.29) is 23.8 Å². The maximum Gasteiger partial charge on any atom is 0.410 e. The Morgan fingerprint density at radius 1 is 1.15 bits per heavy atom. The molecule has 0 aromatic heterocycles. The predicted molar refractivity (Wildman–Crippen MR) is 112 cm³/mol. The van der Waals surface area contributed by atoms with E-state index in [1.54, 1.807) is 0 Å². The van der Waals surface area contributed by atoms with Crippen LogP contribution < -0.4 is 5.32 Å². The molecule has 1 saturated carbocycles. The molecule has 6 nitrogen and oxygen atoms in total. The number of nitrogens with one attached hydrogen (secondary N) is 1. The highest BCUT2D eigenvalue weighted by Crippen LogP contribution is 2.38. The third-order valence-corrected chi connectivity index (χ3v) is 7.01. The van der Waals surface area contributed by atoms with E-state index in [2.05, 4.69) is 27.9 Å². The van der Waals surface area contributed by atoms with Gasteiger partial charge in [-0.15, -0.1) is 0 Å². The van der Waals surface area contributed by atoms with Gasteiger partial charge in [0.2, 0.25) is 0 Å². The fourth-order valence-corrected chi connectivity index (χ4v) is 5.05. The molecule has 3 amide bonds. The molecule has 2 saturated heterocycles. The molecule has 1 N–H and O–H groups in total. The van der Waals surface area contributed by atoms with Gasteiger partial charge in [0.25, 0.3) is 0 Å². The summed E-state index contributed by atoms with van der Waals surface area (Å²) in [7, 11) is 0. The number of carbonyl (C=O) groups is 2. The van der Waals surface area contributed by atoms with Gasteiger partial charge in [-0.25, -0.2) is 9.59 Å². The summed E-state index contributed by atoms with van der Waals surface area (Å²) in [5.41, 5.74) is 0.598. The van der Waals surface area contributed by atoms with Crippen molar-refractivity contribution in [1.29, 1.82) is 0 Å². The van der Waals surface area contributed by atoms with Crippen molar-refractivity contribution in [2.45, 2.75) is 56.6 Å². The number of anilines is 1. The zero-order valence-electron chi connectivity index (χ0n) is 15.5. The minimum atomic E-state index is -0.242. The highest BCUT2D eigenvalue weighted by molar-refractivity contribution is 14.1. The molecule has 0 atom stereocenters. The molecular weight excluding hydrogens is 457 g/mol. The third kappa shape index (κ3) is 4.02. The predicted octanol–water partition coefficient (Wildman–Crippen LogP) is 4.44. The molecule has 7 heteroatoms.